The van der Waals surface area contributed by atoms with Crippen molar-refractivity contribution >= 4 is 5.69 Å². The van der Waals surface area contributed by atoms with Crippen molar-refractivity contribution in [1.82, 2.24) is 5.43 Å². The molecule has 3 rings (SSSR count). The Morgan fingerprint density at radius 1 is 0.792 bits per heavy atom. The van der Waals surface area contributed by atoms with Crippen molar-refractivity contribution in [2.24, 2.45) is 0 Å². The van der Waals surface area contributed by atoms with Gasteiger partial charge in [-0.3, -0.25) is 0 Å². The summed E-state index contributed by atoms with van der Waals surface area (Å²) in [6.45, 7) is 0.634. The SMILES string of the molecule is COc1cccc(Oc2ccccc2CNNc2ccccc2)c1. The van der Waals surface area contributed by atoms with Crippen LogP contribution in [0.5, 0.6) is 17.2 Å². The lowest BCUT2D eigenvalue weighted by molar-refractivity contribution is 0.408. The van der Waals surface area contributed by atoms with Crippen molar-refractivity contribution in [3.8, 4) is 17.2 Å². The van der Waals surface area contributed by atoms with Crippen LogP contribution < -0.4 is 20.3 Å². The maximum absolute atomic E-state index is 6.01. The topological polar surface area (TPSA) is 42.5 Å². The van der Waals surface area contributed by atoms with E-state index < -0.39 is 0 Å². The normalized spacial score (nSPS) is 10.2. The number of para-hydroxylation sites is 2. The second-order valence-corrected chi connectivity index (χ2v) is 5.23. The lowest BCUT2D eigenvalue weighted by Crippen LogP contribution is -2.21. The average molecular weight is 320 g/mol. The maximum atomic E-state index is 6.01. The molecule has 0 fully saturated rings. The zero-order valence-corrected chi connectivity index (χ0v) is 13.5. The quantitative estimate of drug-likeness (QED) is 0.624. The number of hydrogen-bond acceptors (Lipinski definition) is 4. The van der Waals surface area contributed by atoms with Crippen LogP contribution in [-0.2, 0) is 6.54 Å². The standard InChI is InChI=1S/C20H20N2O2/c1-23-18-11-7-12-19(14-18)24-20-13-6-5-8-16(20)15-21-22-17-9-3-2-4-10-17/h2-14,21-22H,15H2,1H3. The van der Waals surface area contributed by atoms with Gasteiger partial charge in [0.05, 0.1) is 7.11 Å². The first kappa shape index (κ1) is 15.9. The van der Waals surface area contributed by atoms with Gasteiger partial charge in [0.1, 0.15) is 17.2 Å². The summed E-state index contributed by atoms with van der Waals surface area (Å²) in [5, 5.41) is 0. The highest BCUT2D eigenvalue weighted by molar-refractivity contribution is 5.43. The fourth-order valence-electron chi connectivity index (χ4n) is 2.30. The van der Waals surface area contributed by atoms with Crippen LogP contribution in [0, 0.1) is 0 Å². The van der Waals surface area contributed by atoms with Crippen molar-refractivity contribution < 1.29 is 9.47 Å². The molecule has 0 aliphatic rings. The Morgan fingerprint density at radius 3 is 2.38 bits per heavy atom. The summed E-state index contributed by atoms with van der Waals surface area (Å²) in [5.74, 6) is 2.33. The Hall–Kier alpha value is -2.98. The van der Waals surface area contributed by atoms with E-state index in [1.54, 1.807) is 7.11 Å². The van der Waals surface area contributed by atoms with Crippen molar-refractivity contribution in [1.29, 1.82) is 0 Å². The van der Waals surface area contributed by atoms with Gasteiger partial charge in [-0.25, -0.2) is 5.43 Å². The summed E-state index contributed by atoms with van der Waals surface area (Å²) in [7, 11) is 1.65. The lowest BCUT2D eigenvalue weighted by atomic mass is 10.2. The lowest BCUT2D eigenvalue weighted by Gasteiger charge is -2.13. The van der Waals surface area contributed by atoms with Gasteiger partial charge in [0, 0.05) is 23.9 Å². The molecule has 0 amide bonds. The van der Waals surface area contributed by atoms with E-state index in [4.69, 9.17) is 9.47 Å². The zero-order valence-electron chi connectivity index (χ0n) is 13.5. The number of rotatable bonds is 7. The van der Waals surface area contributed by atoms with Gasteiger partial charge in [-0.2, -0.15) is 0 Å². The predicted molar refractivity (Wildman–Crippen MR) is 96.4 cm³/mol. The second kappa shape index (κ2) is 8.04. The van der Waals surface area contributed by atoms with E-state index in [0.717, 1.165) is 28.5 Å². The van der Waals surface area contributed by atoms with Crippen LogP contribution in [-0.4, -0.2) is 7.11 Å². The summed E-state index contributed by atoms with van der Waals surface area (Å²) < 4.78 is 11.2. The molecule has 0 atom stereocenters. The van der Waals surface area contributed by atoms with E-state index in [-0.39, 0.29) is 0 Å². The maximum Gasteiger partial charge on any atom is 0.131 e. The van der Waals surface area contributed by atoms with Crippen LogP contribution in [0.15, 0.2) is 78.9 Å². The van der Waals surface area contributed by atoms with Gasteiger partial charge in [-0.1, -0.05) is 42.5 Å². The smallest absolute Gasteiger partial charge is 0.131 e. The summed E-state index contributed by atoms with van der Waals surface area (Å²) in [4.78, 5) is 0. The third kappa shape index (κ3) is 4.27. The number of nitrogens with one attached hydrogen (secondary N) is 2. The van der Waals surface area contributed by atoms with Gasteiger partial charge in [-0.05, 0) is 30.3 Å². The second-order valence-electron chi connectivity index (χ2n) is 5.23. The van der Waals surface area contributed by atoms with E-state index in [0.29, 0.717) is 6.54 Å². The third-order valence-electron chi connectivity index (χ3n) is 3.53. The van der Waals surface area contributed by atoms with Crippen LogP contribution in [0.2, 0.25) is 0 Å². The molecule has 24 heavy (non-hydrogen) atoms. The molecule has 3 aromatic rings. The molecule has 0 aliphatic carbocycles. The van der Waals surface area contributed by atoms with E-state index in [1.807, 2.05) is 78.9 Å². The first-order valence-corrected chi connectivity index (χ1v) is 7.79. The van der Waals surface area contributed by atoms with Crippen molar-refractivity contribution in [3.05, 3.63) is 84.4 Å². The fraction of sp³-hybridized carbons (Fsp3) is 0.100. The van der Waals surface area contributed by atoms with E-state index in [9.17, 15) is 0 Å². The molecule has 0 radical (unpaired) electrons. The average Bonchev–Trinajstić information content (AvgIpc) is 2.64. The molecule has 0 unspecified atom stereocenters. The van der Waals surface area contributed by atoms with Gasteiger partial charge in [0.2, 0.25) is 0 Å². The first-order chi connectivity index (χ1) is 11.8. The van der Waals surface area contributed by atoms with Crippen LogP contribution in [0.4, 0.5) is 5.69 Å². The number of methoxy groups -OCH3 is 1. The Bertz CT molecular complexity index is 775. The minimum Gasteiger partial charge on any atom is -0.497 e. The predicted octanol–water partition coefficient (Wildman–Crippen LogP) is 4.60. The molecule has 2 N–H and O–H groups in total. The van der Waals surface area contributed by atoms with Crippen LogP contribution in [0.25, 0.3) is 0 Å². The van der Waals surface area contributed by atoms with E-state index >= 15 is 0 Å². The molecule has 4 heteroatoms. The minimum absolute atomic E-state index is 0.634. The number of hydrazine groups is 1. The Balaban J connectivity index is 1.66. The van der Waals surface area contributed by atoms with Crippen LogP contribution >= 0.6 is 0 Å². The Morgan fingerprint density at radius 2 is 1.54 bits per heavy atom. The molecule has 0 heterocycles. The van der Waals surface area contributed by atoms with Crippen molar-refractivity contribution in [2.75, 3.05) is 12.5 Å². The van der Waals surface area contributed by atoms with Gasteiger partial charge in [-0.15, -0.1) is 0 Å². The summed E-state index contributed by atoms with van der Waals surface area (Å²) >= 11 is 0. The largest absolute Gasteiger partial charge is 0.497 e. The van der Waals surface area contributed by atoms with Gasteiger partial charge in [0.25, 0.3) is 0 Å². The Labute approximate surface area is 142 Å². The molecule has 0 aliphatic heterocycles. The summed E-state index contributed by atoms with van der Waals surface area (Å²) in [6, 6.07) is 25.5. The highest BCUT2D eigenvalue weighted by Crippen LogP contribution is 2.27. The van der Waals surface area contributed by atoms with Gasteiger partial charge >= 0.3 is 0 Å². The molecule has 4 nitrogen and oxygen atoms in total. The first-order valence-electron chi connectivity index (χ1n) is 7.79. The summed E-state index contributed by atoms with van der Waals surface area (Å²) in [6.07, 6.45) is 0. The highest BCUT2D eigenvalue weighted by Gasteiger charge is 2.05. The minimum atomic E-state index is 0.634. The van der Waals surface area contributed by atoms with Gasteiger partial charge < -0.3 is 14.9 Å². The number of anilines is 1. The van der Waals surface area contributed by atoms with E-state index in [1.165, 1.54) is 0 Å². The van der Waals surface area contributed by atoms with Crippen molar-refractivity contribution in [3.63, 3.8) is 0 Å². The zero-order chi connectivity index (χ0) is 16.6. The van der Waals surface area contributed by atoms with Crippen LogP contribution in [0.3, 0.4) is 0 Å². The number of ether oxygens (including phenoxy) is 2. The summed E-state index contributed by atoms with van der Waals surface area (Å²) in [5.41, 5.74) is 8.47. The molecule has 0 saturated heterocycles. The highest BCUT2D eigenvalue weighted by atomic mass is 16.5. The van der Waals surface area contributed by atoms with Gasteiger partial charge in [0.15, 0.2) is 0 Å². The van der Waals surface area contributed by atoms with E-state index in [2.05, 4.69) is 10.9 Å². The fourth-order valence-corrected chi connectivity index (χ4v) is 2.30. The van der Waals surface area contributed by atoms with Crippen molar-refractivity contribution in [2.45, 2.75) is 6.54 Å². The van der Waals surface area contributed by atoms with Crippen LogP contribution in [0.1, 0.15) is 5.56 Å². The molecule has 0 bridgehead atoms. The molecule has 3 aromatic carbocycles. The number of benzene rings is 3. The molecule has 122 valence electrons. The monoisotopic (exact) mass is 320 g/mol. The Kier molecular flexibility index (Phi) is 5.32. The number of hydrogen-bond donors (Lipinski definition) is 2. The molecular formula is C20H20N2O2. The molecule has 0 aromatic heterocycles. The molecule has 0 saturated carbocycles. The molecule has 0 spiro atoms. The molecular weight excluding hydrogens is 300 g/mol. The third-order valence-corrected chi connectivity index (χ3v) is 3.53.